The van der Waals surface area contributed by atoms with Gasteiger partial charge < -0.3 is 4.74 Å². The number of amides is 1. The van der Waals surface area contributed by atoms with Gasteiger partial charge in [-0.25, -0.2) is 5.84 Å². The second-order valence-corrected chi connectivity index (χ2v) is 2.88. The summed E-state index contributed by atoms with van der Waals surface area (Å²) >= 11 is 0. The molecule has 1 aromatic rings. The molecule has 5 nitrogen and oxygen atoms in total. The minimum atomic E-state index is -0.732. The van der Waals surface area contributed by atoms with Crippen molar-refractivity contribution in [2.75, 3.05) is 0 Å². The monoisotopic (exact) mass is 205 g/mol. The van der Waals surface area contributed by atoms with Crippen molar-refractivity contribution in [3.05, 3.63) is 29.8 Å². The van der Waals surface area contributed by atoms with Crippen molar-refractivity contribution in [2.45, 2.75) is 13.0 Å². The SMILES string of the molecule is CC(Oc1ccccc1C#N)C(=O)NN. The Balaban J connectivity index is 2.81. The average molecular weight is 205 g/mol. The van der Waals surface area contributed by atoms with E-state index >= 15 is 0 Å². The van der Waals surface area contributed by atoms with Crippen LogP contribution >= 0.6 is 0 Å². The number of hydrogen-bond donors (Lipinski definition) is 2. The van der Waals surface area contributed by atoms with E-state index in [1.807, 2.05) is 11.5 Å². The van der Waals surface area contributed by atoms with E-state index in [0.29, 0.717) is 11.3 Å². The first-order valence-electron chi connectivity index (χ1n) is 4.35. The number of benzene rings is 1. The molecule has 0 bridgehead atoms. The highest BCUT2D eigenvalue weighted by atomic mass is 16.5. The van der Waals surface area contributed by atoms with E-state index in [9.17, 15) is 4.79 Å². The highest BCUT2D eigenvalue weighted by Gasteiger charge is 2.14. The van der Waals surface area contributed by atoms with Crippen molar-refractivity contribution in [3.8, 4) is 11.8 Å². The van der Waals surface area contributed by atoms with E-state index < -0.39 is 12.0 Å². The van der Waals surface area contributed by atoms with Gasteiger partial charge in [0.15, 0.2) is 6.10 Å². The van der Waals surface area contributed by atoms with Gasteiger partial charge in [-0.15, -0.1) is 0 Å². The van der Waals surface area contributed by atoms with Crippen LogP contribution in [-0.2, 0) is 4.79 Å². The molecule has 0 saturated heterocycles. The minimum absolute atomic E-state index is 0.371. The van der Waals surface area contributed by atoms with E-state index in [2.05, 4.69) is 0 Å². The molecule has 0 saturated carbocycles. The molecule has 0 aliphatic carbocycles. The van der Waals surface area contributed by atoms with Crippen molar-refractivity contribution >= 4 is 5.91 Å². The molecule has 0 aliphatic rings. The fourth-order valence-electron chi connectivity index (χ4n) is 1.02. The second-order valence-electron chi connectivity index (χ2n) is 2.88. The molecule has 0 aromatic heterocycles. The van der Waals surface area contributed by atoms with E-state index in [1.54, 1.807) is 31.2 Å². The highest BCUT2D eigenvalue weighted by molar-refractivity contribution is 5.80. The number of nitriles is 1. The van der Waals surface area contributed by atoms with E-state index in [4.69, 9.17) is 15.8 Å². The first-order chi connectivity index (χ1) is 7.19. The Morgan fingerprint density at radius 1 is 1.60 bits per heavy atom. The number of carbonyl (C=O) groups excluding carboxylic acids is 1. The lowest BCUT2D eigenvalue weighted by Gasteiger charge is -2.13. The third kappa shape index (κ3) is 2.69. The molecule has 3 N–H and O–H groups in total. The van der Waals surface area contributed by atoms with Crippen LogP contribution in [0.3, 0.4) is 0 Å². The molecule has 0 heterocycles. The molecule has 1 amide bonds. The van der Waals surface area contributed by atoms with Gasteiger partial charge in [-0.1, -0.05) is 12.1 Å². The van der Waals surface area contributed by atoms with E-state index in [-0.39, 0.29) is 0 Å². The van der Waals surface area contributed by atoms with Gasteiger partial charge in [0.05, 0.1) is 5.56 Å². The molecule has 1 aromatic carbocycles. The Morgan fingerprint density at radius 3 is 2.87 bits per heavy atom. The normalized spacial score (nSPS) is 11.3. The van der Waals surface area contributed by atoms with Crippen LogP contribution < -0.4 is 16.0 Å². The number of hydrogen-bond acceptors (Lipinski definition) is 4. The van der Waals surface area contributed by atoms with Crippen molar-refractivity contribution in [3.63, 3.8) is 0 Å². The molecule has 0 spiro atoms. The zero-order chi connectivity index (χ0) is 11.3. The number of rotatable bonds is 3. The van der Waals surface area contributed by atoms with Gasteiger partial charge in [-0.05, 0) is 19.1 Å². The lowest BCUT2D eigenvalue weighted by Crippen LogP contribution is -2.40. The maximum absolute atomic E-state index is 11.1. The molecule has 1 rings (SSSR count). The fourth-order valence-corrected chi connectivity index (χ4v) is 1.02. The summed E-state index contributed by atoms with van der Waals surface area (Å²) in [6.07, 6.45) is -0.732. The summed E-state index contributed by atoms with van der Waals surface area (Å²) in [6, 6.07) is 8.65. The number of nitrogens with zero attached hydrogens (tertiary/aromatic N) is 1. The summed E-state index contributed by atoms with van der Waals surface area (Å²) in [7, 11) is 0. The Morgan fingerprint density at radius 2 is 2.27 bits per heavy atom. The molecule has 78 valence electrons. The van der Waals surface area contributed by atoms with Gasteiger partial charge in [0, 0.05) is 0 Å². The lowest BCUT2D eigenvalue weighted by atomic mass is 10.2. The Hall–Kier alpha value is -2.06. The number of nitrogens with two attached hydrogens (primary N) is 1. The van der Waals surface area contributed by atoms with E-state index in [0.717, 1.165) is 0 Å². The van der Waals surface area contributed by atoms with Gasteiger partial charge in [-0.2, -0.15) is 5.26 Å². The molecular formula is C10H11N3O2. The Labute approximate surface area is 87.4 Å². The molecular weight excluding hydrogens is 194 g/mol. The average Bonchev–Trinajstić information content (AvgIpc) is 2.28. The van der Waals surface area contributed by atoms with Gasteiger partial charge in [0.1, 0.15) is 11.8 Å². The van der Waals surface area contributed by atoms with Crippen LogP contribution in [0, 0.1) is 11.3 Å². The van der Waals surface area contributed by atoms with Crippen LogP contribution in [0.5, 0.6) is 5.75 Å². The van der Waals surface area contributed by atoms with Crippen molar-refractivity contribution < 1.29 is 9.53 Å². The molecule has 1 atom stereocenters. The molecule has 0 radical (unpaired) electrons. The maximum Gasteiger partial charge on any atom is 0.274 e. The number of para-hydroxylation sites is 1. The standard InChI is InChI=1S/C10H11N3O2/c1-7(10(14)13-12)15-9-5-3-2-4-8(9)6-11/h2-5,7H,12H2,1H3,(H,13,14). The first-order valence-corrected chi connectivity index (χ1v) is 4.35. The van der Waals surface area contributed by atoms with Crippen LogP contribution in [0.2, 0.25) is 0 Å². The van der Waals surface area contributed by atoms with Crippen LogP contribution in [0.15, 0.2) is 24.3 Å². The number of carbonyl (C=O) groups is 1. The summed E-state index contributed by atoms with van der Waals surface area (Å²) in [6.45, 7) is 1.55. The van der Waals surface area contributed by atoms with Gasteiger partial charge in [-0.3, -0.25) is 10.2 Å². The first kappa shape index (κ1) is 11.0. The largest absolute Gasteiger partial charge is 0.479 e. The Bertz CT molecular complexity index is 398. The summed E-state index contributed by atoms with van der Waals surface area (Å²) in [4.78, 5) is 11.1. The zero-order valence-corrected chi connectivity index (χ0v) is 8.23. The molecule has 0 fully saturated rings. The van der Waals surface area contributed by atoms with Crippen LogP contribution in [0.25, 0.3) is 0 Å². The maximum atomic E-state index is 11.1. The molecule has 0 aliphatic heterocycles. The smallest absolute Gasteiger partial charge is 0.274 e. The third-order valence-corrected chi connectivity index (χ3v) is 1.82. The molecule has 1 unspecified atom stereocenters. The van der Waals surface area contributed by atoms with Gasteiger partial charge in [0.2, 0.25) is 0 Å². The van der Waals surface area contributed by atoms with Crippen molar-refractivity contribution in [1.82, 2.24) is 5.43 Å². The zero-order valence-electron chi connectivity index (χ0n) is 8.23. The second kappa shape index (κ2) is 4.98. The number of hydrazine groups is 1. The summed E-state index contributed by atoms with van der Waals surface area (Å²) in [5.41, 5.74) is 2.36. The third-order valence-electron chi connectivity index (χ3n) is 1.82. The topological polar surface area (TPSA) is 88.1 Å². The lowest BCUT2D eigenvalue weighted by molar-refractivity contribution is -0.127. The van der Waals surface area contributed by atoms with Crippen LogP contribution in [0.1, 0.15) is 12.5 Å². The summed E-state index contributed by atoms with van der Waals surface area (Å²) < 4.78 is 5.27. The number of ether oxygens (including phenoxy) is 1. The fraction of sp³-hybridized carbons (Fsp3) is 0.200. The minimum Gasteiger partial charge on any atom is -0.479 e. The number of nitrogens with one attached hydrogen (secondary N) is 1. The van der Waals surface area contributed by atoms with Gasteiger partial charge >= 0.3 is 0 Å². The molecule has 15 heavy (non-hydrogen) atoms. The highest BCUT2D eigenvalue weighted by Crippen LogP contribution is 2.17. The summed E-state index contributed by atoms with van der Waals surface area (Å²) in [5, 5.41) is 8.77. The van der Waals surface area contributed by atoms with Crippen LogP contribution in [-0.4, -0.2) is 12.0 Å². The van der Waals surface area contributed by atoms with Crippen LogP contribution in [0.4, 0.5) is 0 Å². The Kier molecular flexibility index (Phi) is 3.66. The summed E-state index contributed by atoms with van der Waals surface area (Å²) in [5.74, 6) is 4.88. The predicted molar refractivity (Wildman–Crippen MR) is 53.6 cm³/mol. The quantitative estimate of drug-likeness (QED) is 0.422. The van der Waals surface area contributed by atoms with E-state index in [1.165, 1.54) is 0 Å². The van der Waals surface area contributed by atoms with Gasteiger partial charge in [0.25, 0.3) is 5.91 Å². The predicted octanol–water partition coefficient (Wildman–Crippen LogP) is 0.315. The molecule has 5 heteroatoms. The van der Waals surface area contributed by atoms with Crippen molar-refractivity contribution in [1.29, 1.82) is 5.26 Å². The van der Waals surface area contributed by atoms with Crippen molar-refractivity contribution in [2.24, 2.45) is 5.84 Å².